The van der Waals surface area contributed by atoms with Crippen LogP contribution in [0.25, 0.3) is 0 Å². The molecule has 0 radical (unpaired) electrons. The Balaban J connectivity index is 4.39. The quantitative estimate of drug-likeness (QED) is 0.0146. The molecule has 590 valence electrons. The molecule has 4 N–H and O–H groups in total. The summed E-state index contributed by atoms with van der Waals surface area (Å²) < 4.78 is 61.1. The lowest BCUT2D eigenvalue weighted by Gasteiger charge is -2.21. The molecule has 0 saturated heterocycles. The minimum atomic E-state index is -4.94. The van der Waals surface area contributed by atoms with Crippen LogP contribution in [0.4, 0.5) is 0 Å². The van der Waals surface area contributed by atoms with Crippen LogP contribution in [0.1, 0.15) is 316 Å². The van der Waals surface area contributed by atoms with Crippen LogP contribution in [0.5, 0.6) is 0 Å². The fourth-order valence-corrected chi connectivity index (χ4v) is 12.1. The van der Waals surface area contributed by atoms with E-state index >= 15 is 0 Å². The van der Waals surface area contributed by atoms with Crippen molar-refractivity contribution in [3.63, 3.8) is 0 Å². The predicted octanol–water partition coefficient (Wildman–Crippen LogP) is 23.7. The zero-order chi connectivity index (χ0) is 75.2. The maximum Gasteiger partial charge on any atom is 0.472 e. The summed E-state index contributed by atoms with van der Waals surface area (Å²) in [6.07, 6.45) is 94.9. The summed E-state index contributed by atoms with van der Waals surface area (Å²) in [5.41, 5.74) is 0. The number of phosphoric ester groups is 2. The largest absolute Gasteiger partial charge is 0.472 e. The first-order chi connectivity index (χ1) is 50.2. The lowest BCUT2D eigenvalue weighted by Crippen LogP contribution is -2.30. The number of carbonyl (C=O) groups excluding carboxylic acids is 3. The van der Waals surface area contributed by atoms with E-state index in [1.165, 1.54) is 83.5 Å². The van der Waals surface area contributed by atoms with Crippen molar-refractivity contribution in [2.75, 3.05) is 39.6 Å². The van der Waals surface area contributed by atoms with Crippen LogP contribution in [0.3, 0.4) is 0 Å². The van der Waals surface area contributed by atoms with Crippen LogP contribution < -0.4 is 0 Å². The number of carbonyl (C=O) groups is 3. The Hall–Kier alpha value is -4.57. The van der Waals surface area contributed by atoms with Gasteiger partial charge < -0.3 is 34.2 Å². The molecule has 0 spiro atoms. The van der Waals surface area contributed by atoms with E-state index in [-0.39, 0.29) is 19.3 Å². The third-order valence-corrected chi connectivity index (χ3v) is 18.4. The molecular formula is C85H144O16P2. The Morgan fingerprint density at radius 1 is 0.282 bits per heavy atom. The Kier molecular flexibility index (Phi) is 73.6. The van der Waals surface area contributed by atoms with Crippen molar-refractivity contribution >= 4 is 33.6 Å². The molecule has 0 rings (SSSR count). The normalized spacial score (nSPS) is 14.7. The summed E-state index contributed by atoms with van der Waals surface area (Å²) >= 11 is 0. The molecule has 18 heteroatoms. The van der Waals surface area contributed by atoms with Gasteiger partial charge in [0.1, 0.15) is 25.4 Å². The van der Waals surface area contributed by atoms with Crippen molar-refractivity contribution in [2.24, 2.45) is 0 Å². The van der Waals surface area contributed by atoms with Gasteiger partial charge in [-0.1, -0.05) is 308 Å². The maximum absolute atomic E-state index is 12.9. The fraction of sp³-hybridized carbons (Fsp3) is 0.682. The fourth-order valence-electron chi connectivity index (χ4n) is 10.5. The number of phosphoric acid groups is 2. The first kappa shape index (κ1) is 98.4. The van der Waals surface area contributed by atoms with Gasteiger partial charge in [-0.05, 0) is 135 Å². The number of hydrogen-bond acceptors (Lipinski definition) is 14. The van der Waals surface area contributed by atoms with E-state index in [1.54, 1.807) is 0 Å². The van der Waals surface area contributed by atoms with Crippen LogP contribution in [-0.2, 0) is 55.8 Å². The third-order valence-electron chi connectivity index (χ3n) is 16.5. The summed E-state index contributed by atoms with van der Waals surface area (Å²) in [4.78, 5) is 58.6. The van der Waals surface area contributed by atoms with Gasteiger partial charge >= 0.3 is 33.6 Å². The smallest absolute Gasteiger partial charge is 0.463 e. The number of rotatable bonds is 75. The van der Waals surface area contributed by atoms with Gasteiger partial charge in [0.2, 0.25) is 0 Å². The summed E-state index contributed by atoms with van der Waals surface area (Å²) in [6.45, 7) is 2.36. The number of aliphatic hydroxyl groups is 2. The van der Waals surface area contributed by atoms with Gasteiger partial charge in [-0.2, -0.15) is 0 Å². The van der Waals surface area contributed by atoms with Gasteiger partial charge in [0.15, 0.2) is 6.10 Å². The molecule has 0 fully saturated rings. The molecule has 0 aliphatic rings. The molecule has 0 aliphatic heterocycles. The standard InChI is InChI=1S/C85H144O16P2/c1-4-7-10-13-16-19-22-25-27-29-31-32-33-34-35-36-37-38-39-40-41-42-43-44-45-46-48-50-51-54-56-59-62-65-68-71-83(88)95-74-80(86)75-97-102(91,92)98-76-81(87)77-99-103(93,94)100-79-82(101-85(90)73-70-67-64-61-58-53-24-21-18-15-12-9-6-3)78-96-84(89)72-69-66-63-60-57-55-52-49-47-30-28-26-23-20-17-14-11-8-5-2/h7-8,10-12,15-17,19-21,24-28,31-32,34-35,37-38,47,49,80-82,86-87H,4-6,9,13-14,18,22-23,29-30,33,36,39-46,48,50-79H2,1-3H3,(H,91,92)(H,93,94)/b10-7-,11-8-,15-12-,19-16-,20-17-,24-21-,27-25-,28-26-,32-31-,35-34-,38-37-,49-47-. The molecule has 0 aromatic carbocycles. The van der Waals surface area contributed by atoms with Gasteiger partial charge in [-0.15, -0.1) is 0 Å². The van der Waals surface area contributed by atoms with E-state index in [9.17, 15) is 43.5 Å². The van der Waals surface area contributed by atoms with Crippen molar-refractivity contribution in [3.8, 4) is 0 Å². The second kappa shape index (κ2) is 77.1. The Labute approximate surface area is 626 Å². The lowest BCUT2D eigenvalue weighted by atomic mass is 10.0. The average molecular weight is 1480 g/mol. The minimum absolute atomic E-state index is 0.0824. The van der Waals surface area contributed by atoms with Crippen LogP contribution in [0.2, 0.25) is 0 Å². The summed E-state index contributed by atoms with van der Waals surface area (Å²) in [5.74, 6) is -1.61. The molecule has 0 aromatic heterocycles. The average Bonchev–Trinajstić information content (AvgIpc) is 0.925. The van der Waals surface area contributed by atoms with E-state index < -0.39 is 91.5 Å². The predicted molar refractivity (Wildman–Crippen MR) is 426 cm³/mol. The first-order valence-electron chi connectivity index (χ1n) is 40.1. The Bertz CT molecular complexity index is 2450. The van der Waals surface area contributed by atoms with Gasteiger partial charge in [0.05, 0.1) is 26.4 Å². The Morgan fingerprint density at radius 3 is 0.816 bits per heavy atom. The highest BCUT2D eigenvalue weighted by Gasteiger charge is 2.29. The first-order valence-corrected chi connectivity index (χ1v) is 43.1. The SMILES string of the molecule is CC/C=C\C/C=C\C/C=C\C/C=C\C/C=C\C/C=C\CCCCCCCCCCCCCCCCCCC(=O)OCC(O)COP(=O)(O)OCC(O)COP(=O)(O)OCC(COC(=O)CCCCCCCC/C=C\C/C=C\C/C=C\C/C=C\CC)OC(=O)CCCCCCC/C=C\C/C=C\CCC. The number of aliphatic hydroxyl groups excluding tert-OH is 2. The molecule has 0 amide bonds. The maximum atomic E-state index is 12.9. The van der Waals surface area contributed by atoms with E-state index in [2.05, 4.69) is 167 Å². The molecule has 0 heterocycles. The van der Waals surface area contributed by atoms with Crippen molar-refractivity contribution in [2.45, 2.75) is 334 Å². The van der Waals surface area contributed by atoms with E-state index in [0.29, 0.717) is 19.3 Å². The second-order valence-corrected chi connectivity index (χ2v) is 29.4. The molecule has 0 aliphatic carbocycles. The van der Waals surface area contributed by atoms with E-state index in [0.717, 1.165) is 173 Å². The second-order valence-electron chi connectivity index (χ2n) is 26.5. The Morgan fingerprint density at radius 2 is 0.515 bits per heavy atom. The number of esters is 3. The number of allylic oxidation sites excluding steroid dienone is 24. The molecule has 5 unspecified atom stereocenters. The molecule has 5 atom stereocenters. The highest BCUT2D eigenvalue weighted by atomic mass is 31.2. The molecule has 103 heavy (non-hydrogen) atoms. The van der Waals surface area contributed by atoms with Crippen LogP contribution in [0, 0.1) is 0 Å². The lowest BCUT2D eigenvalue weighted by molar-refractivity contribution is -0.161. The number of ether oxygens (including phenoxy) is 3. The van der Waals surface area contributed by atoms with E-state index in [1.807, 2.05) is 0 Å². The minimum Gasteiger partial charge on any atom is -0.463 e. The summed E-state index contributed by atoms with van der Waals surface area (Å²) in [7, 11) is -9.80. The third kappa shape index (κ3) is 78.3. The molecule has 0 bridgehead atoms. The highest BCUT2D eigenvalue weighted by molar-refractivity contribution is 7.47. The zero-order valence-corrected chi connectivity index (χ0v) is 66.2. The zero-order valence-electron chi connectivity index (χ0n) is 64.4. The van der Waals surface area contributed by atoms with Gasteiger partial charge in [0.25, 0.3) is 0 Å². The van der Waals surface area contributed by atoms with Crippen molar-refractivity contribution in [1.29, 1.82) is 0 Å². The summed E-state index contributed by atoms with van der Waals surface area (Å²) in [5, 5.41) is 20.6. The number of hydrogen-bond donors (Lipinski definition) is 4. The molecular weight excluding hydrogens is 1340 g/mol. The molecule has 0 aromatic rings. The highest BCUT2D eigenvalue weighted by Crippen LogP contribution is 2.45. The van der Waals surface area contributed by atoms with Crippen molar-refractivity contribution in [3.05, 3.63) is 146 Å². The molecule has 16 nitrogen and oxygen atoms in total. The molecule has 0 saturated carbocycles. The van der Waals surface area contributed by atoms with E-state index in [4.69, 9.17) is 32.3 Å². The topological polar surface area (TPSA) is 231 Å². The van der Waals surface area contributed by atoms with Crippen molar-refractivity contribution in [1.82, 2.24) is 0 Å². The van der Waals surface area contributed by atoms with Gasteiger partial charge in [0, 0.05) is 19.3 Å². The monoisotopic (exact) mass is 1480 g/mol. The van der Waals surface area contributed by atoms with Crippen LogP contribution in [-0.4, -0.2) is 95.9 Å². The van der Waals surface area contributed by atoms with Crippen LogP contribution in [0.15, 0.2) is 146 Å². The number of unbranched alkanes of at least 4 members (excludes halogenated alkanes) is 28. The van der Waals surface area contributed by atoms with Crippen molar-refractivity contribution < 1.29 is 75.8 Å². The van der Waals surface area contributed by atoms with Crippen LogP contribution >= 0.6 is 15.6 Å². The summed E-state index contributed by atoms with van der Waals surface area (Å²) in [6, 6.07) is 0. The van der Waals surface area contributed by atoms with Gasteiger partial charge in [-0.25, -0.2) is 9.13 Å². The van der Waals surface area contributed by atoms with Gasteiger partial charge in [-0.3, -0.25) is 32.5 Å².